The third kappa shape index (κ3) is 54.7. The molecule has 394 valence electrons. The van der Waals surface area contributed by atoms with Crippen LogP contribution in [0.3, 0.4) is 0 Å². The van der Waals surface area contributed by atoms with Crippen LogP contribution in [0.15, 0.2) is 24.3 Å². The van der Waals surface area contributed by atoms with Gasteiger partial charge in [0.1, 0.15) is 13.2 Å². The first-order valence-electron chi connectivity index (χ1n) is 29.8. The maximum Gasteiger partial charge on any atom is 0.306 e. The van der Waals surface area contributed by atoms with Crippen LogP contribution in [0.2, 0.25) is 0 Å². The molecule has 0 radical (unpaired) electrons. The van der Waals surface area contributed by atoms with E-state index in [1.54, 1.807) is 0 Å². The summed E-state index contributed by atoms with van der Waals surface area (Å²) >= 11 is 0. The van der Waals surface area contributed by atoms with Gasteiger partial charge in [0.15, 0.2) is 6.10 Å². The lowest BCUT2D eigenvalue weighted by Crippen LogP contribution is -2.30. The van der Waals surface area contributed by atoms with Gasteiger partial charge in [0.2, 0.25) is 0 Å². The Hall–Kier alpha value is -2.11. The van der Waals surface area contributed by atoms with E-state index in [0.717, 1.165) is 70.6 Å². The highest BCUT2D eigenvalue weighted by Crippen LogP contribution is 2.17. The molecule has 0 saturated carbocycles. The van der Waals surface area contributed by atoms with Gasteiger partial charge in [-0.15, -0.1) is 0 Å². The zero-order valence-electron chi connectivity index (χ0n) is 45.2. The average Bonchev–Trinajstić information content (AvgIpc) is 3.33. The van der Waals surface area contributed by atoms with Crippen LogP contribution in [0.1, 0.15) is 329 Å². The molecule has 0 amide bonds. The predicted octanol–water partition coefficient (Wildman–Crippen LogP) is 19.9. The Labute approximate surface area is 417 Å². The van der Waals surface area contributed by atoms with E-state index in [-0.39, 0.29) is 31.1 Å². The maximum absolute atomic E-state index is 12.8. The van der Waals surface area contributed by atoms with E-state index in [9.17, 15) is 14.4 Å². The highest BCUT2D eigenvalue weighted by molar-refractivity contribution is 5.71. The zero-order valence-corrected chi connectivity index (χ0v) is 45.2. The van der Waals surface area contributed by atoms with Crippen molar-refractivity contribution < 1.29 is 28.6 Å². The Kier molecular flexibility index (Phi) is 54.7. The molecule has 0 aliphatic rings. The zero-order chi connectivity index (χ0) is 48.6. The molecule has 67 heavy (non-hydrogen) atoms. The van der Waals surface area contributed by atoms with Crippen molar-refractivity contribution in [1.82, 2.24) is 0 Å². The summed E-state index contributed by atoms with van der Waals surface area (Å²) in [5, 5.41) is 0. The fourth-order valence-electron chi connectivity index (χ4n) is 8.91. The lowest BCUT2D eigenvalue weighted by Gasteiger charge is -2.18. The third-order valence-electron chi connectivity index (χ3n) is 13.4. The van der Waals surface area contributed by atoms with Gasteiger partial charge in [0, 0.05) is 19.3 Å². The minimum Gasteiger partial charge on any atom is -0.462 e. The Bertz CT molecular complexity index is 1080. The van der Waals surface area contributed by atoms with Crippen molar-refractivity contribution in [1.29, 1.82) is 0 Å². The molecule has 0 bridgehead atoms. The van der Waals surface area contributed by atoms with Gasteiger partial charge >= 0.3 is 17.9 Å². The summed E-state index contributed by atoms with van der Waals surface area (Å²) in [7, 11) is 0. The molecule has 0 saturated heterocycles. The number of carbonyl (C=O) groups is 3. The van der Waals surface area contributed by atoms with Gasteiger partial charge in [-0.05, 0) is 70.6 Å². The standard InChI is InChI=1S/C61H114O6/c1-4-7-10-13-16-19-22-25-27-29-30-31-32-33-35-36-39-42-45-48-51-54-60(63)66-57-58(56-65-59(62)53-50-47-44-41-38-24-21-18-15-12-9-6-3)67-61(64)55-52-49-46-43-40-37-34-28-26-23-20-17-14-11-8-5-2/h18,21,28,34,58H,4-17,19-20,22-27,29-33,35-57H2,1-3H3/b21-18-,34-28-. The highest BCUT2D eigenvalue weighted by atomic mass is 16.6. The first-order valence-corrected chi connectivity index (χ1v) is 29.8. The average molecular weight is 944 g/mol. The lowest BCUT2D eigenvalue weighted by atomic mass is 10.0. The molecular formula is C61H114O6. The van der Waals surface area contributed by atoms with E-state index in [0.29, 0.717) is 19.3 Å². The molecule has 0 N–H and O–H groups in total. The van der Waals surface area contributed by atoms with E-state index in [2.05, 4.69) is 45.1 Å². The lowest BCUT2D eigenvalue weighted by molar-refractivity contribution is -0.167. The molecule has 0 aliphatic heterocycles. The van der Waals surface area contributed by atoms with Crippen LogP contribution in [-0.2, 0) is 28.6 Å². The van der Waals surface area contributed by atoms with Crippen LogP contribution in [0.25, 0.3) is 0 Å². The van der Waals surface area contributed by atoms with Gasteiger partial charge in [-0.3, -0.25) is 14.4 Å². The number of allylic oxidation sites excluding steroid dienone is 4. The SMILES string of the molecule is CCCCC/C=C\CCCCCCCC(=O)OCC(COC(=O)CCCCCCCCCCCCCCCCCCCCCCC)OC(=O)CCCCCCC/C=C\CCCCCCCCC. The van der Waals surface area contributed by atoms with Gasteiger partial charge in [-0.1, -0.05) is 263 Å². The van der Waals surface area contributed by atoms with Crippen molar-refractivity contribution in [3.8, 4) is 0 Å². The number of unbranched alkanes of at least 4 members (excludes halogenated alkanes) is 40. The second kappa shape index (κ2) is 56.5. The number of hydrogen-bond acceptors (Lipinski definition) is 6. The summed E-state index contributed by atoms with van der Waals surface area (Å²) in [6.45, 7) is 6.65. The van der Waals surface area contributed by atoms with Crippen molar-refractivity contribution >= 4 is 17.9 Å². The smallest absolute Gasteiger partial charge is 0.306 e. The molecule has 0 fully saturated rings. The van der Waals surface area contributed by atoms with E-state index in [4.69, 9.17) is 14.2 Å². The van der Waals surface area contributed by atoms with Crippen molar-refractivity contribution in [3.05, 3.63) is 24.3 Å². The monoisotopic (exact) mass is 943 g/mol. The van der Waals surface area contributed by atoms with Crippen LogP contribution in [0.4, 0.5) is 0 Å². The van der Waals surface area contributed by atoms with Gasteiger partial charge in [-0.2, -0.15) is 0 Å². The minimum atomic E-state index is -0.775. The quantitative estimate of drug-likeness (QED) is 0.0262. The summed E-state index contributed by atoms with van der Waals surface area (Å²) in [6, 6.07) is 0. The molecule has 0 aliphatic carbocycles. The van der Waals surface area contributed by atoms with Crippen molar-refractivity contribution in [3.63, 3.8) is 0 Å². The molecule has 0 heterocycles. The number of hydrogen-bond donors (Lipinski definition) is 0. The molecule has 1 atom stereocenters. The summed E-state index contributed by atoms with van der Waals surface area (Å²) < 4.78 is 16.9. The molecule has 0 aromatic rings. The van der Waals surface area contributed by atoms with Crippen molar-refractivity contribution in [2.75, 3.05) is 13.2 Å². The van der Waals surface area contributed by atoms with Crippen LogP contribution in [0, 0.1) is 0 Å². The molecular weight excluding hydrogens is 829 g/mol. The van der Waals surface area contributed by atoms with Crippen molar-refractivity contribution in [2.45, 2.75) is 335 Å². The van der Waals surface area contributed by atoms with E-state index >= 15 is 0 Å². The number of carbonyl (C=O) groups excluding carboxylic acids is 3. The summed E-state index contributed by atoms with van der Waals surface area (Å²) in [6.07, 6.45) is 66.1. The molecule has 0 aromatic carbocycles. The Balaban J connectivity index is 4.27. The molecule has 6 heteroatoms. The topological polar surface area (TPSA) is 78.9 Å². The Morgan fingerprint density at radius 2 is 0.493 bits per heavy atom. The molecule has 0 aromatic heterocycles. The largest absolute Gasteiger partial charge is 0.462 e. The molecule has 6 nitrogen and oxygen atoms in total. The Morgan fingerprint density at radius 3 is 0.776 bits per heavy atom. The number of rotatable bonds is 55. The second-order valence-electron chi connectivity index (χ2n) is 20.3. The number of esters is 3. The highest BCUT2D eigenvalue weighted by Gasteiger charge is 2.19. The van der Waals surface area contributed by atoms with Gasteiger partial charge in [-0.25, -0.2) is 0 Å². The molecule has 1 unspecified atom stereocenters. The van der Waals surface area contributed by atoms with E-state index in [1.165, 1.54) is 218 Å². The van der Waals surface area contributed by atoms with Gasteiger partial charge < -0.3 is 14.2 Å². The van der Waals surface area contributed by atoms with Gasteiger partial charge in [0.05, 0.1) is 0 Å². The maximum atomic E-state index is 12.8. The fraction of sp³-hybridized carbons (Fsp3) is 0.885. The molecule has 0 rings (SSSR count). The van der Waals surface area contributed by atoms with E-state index in [1.807, 2.05) is 0 Å². The van der Waals surface area contributed by atoms with Crippen LogP contribution < -0.4 is 0 Å². The normalized spacial score (nSPS) is 12.1. The third-order valence-corrected chi connectivity index (χ3v) is 13.4. The number of ether oxygens (including phenoxy) is 3. The second-order valence-corrected chi connectivity index (χ2v) is 20.3. The van der Waals surface area contributed by atoms with Gasteiger partial charge in [0.25, 0.3) is 0 Å². The van der Waals surface area contributed by atoms with Crippen LogP contribution in [-0.4, -0.2) is 37.2 Å². The first-order chi connectivity index (χ1) is 33.0. The fourth-order valence-corrected chi connectivity index (χ4v) is 8.91. The minimum absolute atomic E-state index is 0.0728. The Morgan fingerprint density at radius 1 is 0.284 bits per heavy atom. The first kappa shape index (κ1) is 64.9. The summed E-state index contributed by atoms with van der Waals surface area (Å²) in [5.74, 6) is -0.870. The molecule has 0 spiro atoms. The van der Waals surface area contributed by atoms with E-state index < -0.39 is 6.10 Å². The predicted molar refractivity (Wildman–Crippen MR) is 289 cm³/mol. The van der Waals surface area contributed by atoms with Crippen LogP contribution in [0.5, 0.6) is 0 Å². The summed E-state index contributed by atoms with van der Waals surface area (Å²) in [5.41, 5.74) is 0. The summed E-state index contributed by atoms with van der Waals surface area (Å²) in [4.78, 5) is 38.1. The van der Waals surface area contributed by atoms with Crippen molar-refractivity contribution in [2.24, 2.45) is 0 Å². The van der Waals surface area contributed by atoms with Crippen LogP contribution >= 0.6 is 0 Å².